The summed E-state index contributed by atoms with van der Waals surface area (Å²) in [6.07, 6.45) is 6.46. The molecule has 0 radical (unpaired) electrons. The first kappa shape index (κ1) is 13.9. The normalized spacial score (nSPS) is 11.1. The number of hydrogen-bond donors (Lipinski definition) is 2. The van der Waals surface area contributed by atoms with E-state index in [1.807, 2.05) is 0 Å². The molecule has 2 N–H and O–H groups in total. The van der Waals surface area contributed by atoms with Gasteiger partial charge in [-0.05, 0) is 58.7 Å². The lowest BCUT2D eigenvalue weighted by Gasteiger charge is -2.15. The first-order valence-electron chi connectivity index (χ1n) is 5.71. The fourth-order valence-corrected chi connectivity index (χ4v) is 1.45. The van der Waals surface area contributed by atoms with Crippen LogP contribution in [-0.4, -0.2) is 48.5 Å². The van der Waals surface area contributed by atoms with Crippen molar-refractivity contribution < 1.29 is 10.2 Å². The highest BCUT2D eigenvalue weighted by molar-refractivity contribution is 4.52. The summed E-state index contributed by atoms with van der Waals surface area (Å²) in [4.78, 5) is 2.33. The van der Waals surface area contributed by atoms with Gasteiger partial charge in [0.15, 0.2) is 0 Å². The van der Waals surface area contributed by atoms with Crippen molar-refractivity contribution in [2.24, 2.45) is 0 Å². The molecule has 0 atom stereocenters. The molecular formula is C11H25NO2. The Hall–Kier alpha value is -0.120. The molecule has 0 amide bonds. The quantitative estimate of drug-likeness (QED) is 0.525. The zero-order valence-corrected chi connectivity index (χ0v) is 9.41. The molecule has 0 aromatic carbocycles. The molecule has 0 rings (SSSR count). The highest BCUT2D eigenvalue weighted by Gasteiger charge is 1.97. The Balaban J connectivity index is 3.07. The van der Waals surface area contributed by atoms with Crippen molar-refractivity contribution in [1.82, 2.24) is 4.90 Å². The van der Waals surface area contributed by atoms with E-state index in [2.05, 4.69) is 11.9 Å². The summed E-state index contributed by atoms with van der Waals surface area (Å²) in [6, 6.07) is 0. The molecule has 0 aliphatic rings. The van der Waals surface area contributed by atoms with E-state index in [9.17, 15) is 0 Å². The van der Waals surface area contributed by atoms with Crippen LogP contribution < -0.4 is 0 Å². The standard InChI is InChI=1S/C11H25NO2/c1-12(8-4-2-6-10-13)9-5-3-7-11-14/h13-14H,2-11H2,1H3. The van der Waals surface area contributed by atoms with E-state index in [0.29, 0.717) is 13.2 Å². The summed E-state index contributed by atoms with van der Waals surface area (Å²) in [5, 5.41) is 17.2. The van der Waals surface area contributed by atoms with Crippen molar-refractivity contribution in [3.05, 3.63) is 0 Å². The zero-order chi connectivity index (χ0) is 10.6. The molecule has 14 heavy (non-hydrogen) atoms. The van der Waals surface area contributed by atoms with Crippen LogP contribution in [0.3, 0.4) is 0 Å². The van der Waals surface area contributed by atoms with Crippen molar-refractivity contribution in [2.45, 2.75) is 38.5 Å². The second-order valence-corrected chi connectivity index (χ2v) is 3.87. The van der Waals surface area contributed by atoms with Crippen LogP contribution in [0.4, 0.5) is 0 Å². The smallest absolute Gasteiger partial charge is 0.0431 e. The van der Waals surface area contributed by atoms with Crippen molar-refractivity contribution in [2.75, 3.05) is 33.4 Å². The van der Waals surface area contributed by atoms with Gasteiger partial charge in [-0.1, -0.05) is 0 Å². The van der Waals surface area contributed by atoms with Crippen molar-refractivity contribution in [3.8, 4) is 0 Å². The predicted octanol–water partition coefficient (Wildman–Crippen LogP) is 1.24. The predicted molar refractivity (Wildman–Crippen MR) is 59.4 cm³/mol. The second-order valence-electron chi connectivity index (χ2n) is 3.87. The Morgan fingerprint density at radius 1 is 0.714 bits per heavy atom. The van der Waals surface area contributed by atoms with Gasteiger partial charge >= 0.3 is 0 Å². The van der Waals surface area contributed by atoms with Crippen LogP contribution in [0.1, 0.15) is 38.5 Å². The minimum atomic E-state index is 0.320. The maximum atomic E-state index is 8.59. The number of hydrogen-bond acceptors (Lipinski definition) is 3. The van der Waals surface area contributed by atoms with Gasteiger partial charge in [0, 0.05) is 13.2 Å². The van der Waals surface area contributed by atoms with E-state index in [0.717, 1.165) is 38.8 Å². The monoisotopic (exact) mass is 203 g/mol. The van der Waals surface area contributed by atoms with Crippen LogP contribution in [0, 0.1) is 0 Å². The molecule has 0 fully saturated rings. The van der Waals surface area contributed by atoms with Crippen molar-refractivity contribution >= 4 is 0 Å². The zero-order valence-electron chi connectivity index (χ0n) is 9.41. The summed E-state index contributed by atoms with van der Waals surface area (Å²) in [5.74, 6) is 0. The highest BCUT2D eigenvalue weighted by Crippen LogP contribution is 2.00. The van der Waals surface area contributed by atoms with E-state index in [4.69, 9.17) is 10.2 Å². The third-order valence-electron chi connectivity index (χ3n) is 2.40. The Labute approximate surface area is 87.7 Å². The van der Waals surface area contributed by atoms with E-state index < -0.39 is 0 Å². The molecule has 3 heteroatoms. The van der Waals surface area contributed by atoms with Gasteiger partial charge in [-0.15, -0.1) is 0 Å². The van der Waals surface area contributed by atoms with Crippen molar-refractivity contribution in [3.63, 3.8) is 0 Å². The van der Waals surface area contributed by atoms with Gasteiger partial charge in [-0.2, -0.15) is 0 Å². The Bertz CT molecular complexity index is 97.5. The van der Waals surface area contributed by atoms with Crippen LogP contribution in [0.5, 0.6) is 0 Å². The summed E-state index contributed by atoms with van der Waals surface area (Å²) in [6.45, 7) is 2.89. The van der Waals surface area contributed by atoms with Crippen LogP contribution in [0.15, 0.2) is 0 Å². The lowest BCUT2D eigenvalue weighted by Crippen LogP contribution is -2.21. The molecule has 0 heterocycles. The fourth-order valence-electron chi connectivity index (χ4n) is 1.45. The first-order valence-corrected chi connectivity index (χ1v) is 5.71. The molecule has 86 valence electrons. The summed E-state index contributed by atoms with van der Waals surface area (Å²) in [7, 11) is 2.14. The molecule has 3 nitrogen and oxygen atoms in total. The maximum Gasteiger partial charge on any atom is 0.0431 e. The summed E-state index contributed by atoms with van der Waals surface area (Å²) in [5.41, 5.74) is 0. The average Bonchev–Trinajstić information content (AvgIpc) is 2.19. The SMILES string of the molecule is CN(CCCCCO)CCCCCO. The summed E-state index contributed by atoms with van der Waals surface area (Å²) >= 11 is 0. The molecular weight excluding hydrogens is 178 g/mol. The molecule has 0 saturated heterocycles. The van der Waals surface area contributed by atoms with Gasteiger partial charge in [0.1, 0.15) is 0 Å². The molecule has 0 saturated carbocycles. The molecule has 0 aromatic heterocycles. The molecule has 0 bridgehead atoms. The van der Waals surface area contributed by atoms with Crippen LogP contribution in [0.25, 0.3) is 0 Å². The van der Waals surface area contributed by atoms with E-state index in [-0.39, 0.29) is 0 Å². The first-order chi connectivity index (χ1) is 6.81. The Kier molecular flexibility index (Phi) is 10.9. The topological polar surface area (TPSA) is 43.7 Å². The van der Waals surface area contributed by atoms with Gasteiger partial charge in [-0.3, -0.25) is 0 Å². The van der Waals surface area contributed by atoms with Gasteiger partial charge in [0.05, 0.1) is 0 Å². The average molecular weight is 203 g/mol. The fraction of sp³-hybridized carbons (Fsp3) is 1.00. The minimum Gasteiger partial charge on any atom is -0.396 e. The van der Waals surface area contributed by atoms with Crippen molar-refractivity contribution in [1.29, 1.82) is 0 Å². The number of aliphatic hydroxyl groups excluding tert-OH is 2. The number of aliphatic hydroxyl groups is 2. The summed E-state index contributed by atoms with van der Waals surface area (Å²) < 4.78 is 0. The lowest BCUT2D eigenvalue weighted by atomic mass is 10.2. The minimum absolute atomic E-state index is 0.320. The number of nitrogens with zero attached hydrogens (tertiary/aromatic N) is 1. The van der Waals surface area contributed by atoms with Gasteiger partial charge in [0.2, 0.25) is 0 Å². The molecule has 0 aromatic rings. The lowest BCUT2D eigenvalue weighted by molar-refractivity contribution is 0.264. The second kappa shape index (κ2) is 11.0. The van der Waals surface area contributed by atoms with E-state index in [1.54, 1.807) is 0 Å². The molecule has 0 unspecified atom stereocenters. The highest BCUT2D eigenvalue weighted by atomic mass is 16.3. The third-order valence-corrected chi connectivity index (χ3v) is 2.40. The maximum absolute atomic E-state index is 8.59. The van der Waals surface area contributed by atoms with E-state index in [1.165, 1.54) is 12.8 Å². The Morgan fingerprint density at radius 2 is 1.14 bits per heavy atom. The van der Waals surface area contributed by atoms with Crippen LogP contribution in [-0.2, 0) is 0 Å². The molecule has 0 aliphatic carbocycles. The third kappa shape index (κ3) is 9.96. The molecule has 0 spiro atoms. The van der Waals surface area contributed by atoms with Gasteiger partial charge < -0.3 is 15.1 Å². The number of unbranched alkanes of at least 4 members (excludes halogenated alkanes) is 4. The largest absolute Gasteiger partial charge is 0.396 e. The van der Waals surface area contributed by atoms with E-state index >= 15 is 0 Å². The van der Waals surface area contributed by atoms with Gasteiger partial charge in [-0.25, -0.2) is 0 Å². The number of rotatable bonds is 10. The molecule has 0 aliphatic heterocycles. The Morgan fingerprint density at radius 3 is 1.50 bits per heavy atom. The van der Waals surface area contributed by atoms with Crippen LogP contribution in [0.2, 0.25) is 0 Å². The van der Waals surface area contributed by atoms with Crippen LogP contribution >= 0.6 is 0 Å². The van der Waals surface area contributed by atoms with Gasteiger partial charge in [0.25, 0.3) is 0 Å².